The van der Waals surface area contributed by atoms with Crippen LogP contribution in [0.15, 0.2) is 10.7 Å². The first kappa shape index (κ1) is 12.7. The Kier molecular flexibility index (Phi) is 3.61. The maximum absolute atomic E-state index is 5.88. The first-order chi connectivity index (χ1) is 8.06. The van der Waals surface area contributed by atoms with Crippen molar-refractivity contribution in [2.45, 2.75) is 52.1 Å². The van der Waals surface area contributed by atoms with Gasteiger partial charge in [0.05, 0.1) is 16.4 Å². The highest BCUT2D eigenvalue weighted by Gasteiger charge is 2.31. The van der Waals surface area contributed by atoms with Gasteiger partial charge in [-0.3, -0.25) is 0 Å². The predicted octanol–water partition coefficient (Wildman–Crippen LogP) is 3.50. The normalized spacial score (nSPS) is 24.4. The lowest BCUT2D eigenvalue weighted by Gasteiger charge is -2.30. The molecule has 0 aromatic carbocycles. The molecule has 2 heterocycles. The molecule has 1 aromatic rings. The summed E-state index contributed by atoms with van der Waals surface area (Å²) >= 11 is 3.64. The van der Waals surface area contributed by atoms with Crippen LogP contribution in [0.25, 0.3) is 0 Å². The van der Waals surface area contributed by atoms with E-state index in [0.717, 1.165) is 21.5 Å². The molecule has 0 aliphatic carbocycles. The van der Waals surface area contributed by atoms with Gasteiger partial charge < -0.3 is 10.6 Å². The molecular formula is C13H20BrN3. The van der Waals surface area contributed by atoms with Crippen LogP contribution in [0.3, 0.4) is 0 Å². The number of aromatic nitrogens is 1. The molecule has 2 rings (SSSR count). The number of halogens is 1. The van der Waals surface area contributed by atoms with Crippen LogP contribution >= 0.6 is 15.9 Å². The van der Waals surface area contributed by atoms with Gasteiger partial charge in [0, 0.05) is 12.1 Å². The summed E-state index contributed by atoms with van der Waals surface area (Å²) in [5.74, 6) is 1.05. The second kappa shape index (κ2) is 4.84. The van der Waals surface area contributed by atoms with E-state index in [9.17, 15) is 0 Å². The fourth-order valence-corrected chi connectivity index (χ4v) is 3.15. The second-order valence-electron chi connectivity index (χ2n) is 4.87. The number of anilines is 2. The smallest absolute Gasteiger partial charge is 0.143 e. The van der Waals surface area contributed by atoms with Crippen molar-refractivity contribution in [2.24, 2.45) is 0 Å². The van der Waals surface area contributed by atoms with Crippen LogP contribution in [0.4, 0.5) is 11.5 Å². The van der Waals surface area contributed by atoms with Gasteiger partial charge in [-0.2, -0.15) is 0 Å². The Balaban J connectivity index is 2.42. The molecule has 2 atom stereocenters. The van der Waals surface area contributed by atoms with E-state index in [1.54, 1.807) is 6.20 Å². The summed E-state index contributed by atoms with van der Waals surface area (Å²) in [7, 11) is 0. The highest BCUT2D eigenvalue weighted by atomic mass is 79.9. The number of nitrogens with zero attached hydrogens (tertiary/aromatic N) is 2. The number of nitrogen functional groups attached to an aromatic ring is 1. The Morgan fingerprint density at radius 2 is 2.24 bits per heavy atom. The number of nitrogens with two attached hydrogens (primary N) is 1. The Bertz CT molecular complexity index is 419. The molecule has 1 aliphatic heterocycles. The fourth-order valence-electron chi connectivity index (χ4n) is 2.61. The van der Waals surface area contributed by atoms with Gasteiger partial charge >= 0.3 is 0 Å². The molecule has 1 fully saturated rings. The maximum Gasteiger partial charge on any atom is 0.143 e. The third kappa shape index (κ3) is 2.15. The summed E-state index contributed by atoms with van der Waals surface area (Å²) in [4.78, 5) is 6.96. The highest BCUT2D eigenvalue weighted by Crippen LogP contribution is 2.37. The summed E-state index contributed by atoms with van der Waals surface area (Å²) < 4.78 is 1.05. The first-order valence-electron chi connectivity index (χ1n) is 6.25. The topological polar surface area (TPSA) is 42.2 Å². The Morgan fingerprint density at radius 1 is 1.53 bits per heavy atom. The number of pyridine rings is 1. The van der Waals surface area contributed by atoms with Gasteiger partial charge in [-0.05, 0) is 54.6 Å². The van der Waals surface area contributed by atoms with E-state index in [4.69, 9.17) is 5.73 Å². The van der Waals surface area contributed by atoms with Crippen LogP contribution in [0.2, 0.25) is 0 Å². The molecule has 1 saturated heterocycles. The summed E-state index contributed by atoms with van der Waals surface area (Å²) in [6, 6.07) is 1.17. The van der Waals surface area contributed by atoms with Crippen LogP contribution in [0.1, 0.15) is 38.7 Å². The van der Waals surface area contributed by atoms with Gasteiger partial charge in [0.2, 0.25) is 0 Å². The maximum atomic E-state index is 5.88. The highest BCUT2D eigenvalue weighted by molar-refractivity contribution is 9.10. The Hall–Kier alpha value is -0.770. The zero-order valence-electron chi connectivity index (χ0n) is 10.7. The van der Waals surface area contributed by atoms with Crippen molar-refractivity contribution in [3.63, 3.8) is 0 Å². The monoisotopic (exact) mass is 297 g/mol. The molecule has 0 radical (unpaired) electrons. The molecule has 2 unspecified atom stereocenters. The quantitative estimate of drug-likeness (QED) is 0.908. The summed E-state index contributed by atoms with van der Waals surface area (Å²) in [6.45, 7) is 6.55. The summed E-state index contributed by atoms with van der Waals surface area (Å²) in [5.41, 5.74) is 7.72. The molecule has 0 spiro atoms. The molecule has 2 N–H and O–H groups in total. The number of rotatable bonds is 2. The van der Waals surface area contributed by atoms with E-state index in [0.29, 0.717) is 12.1 Å². The Morgan fingerprint density at radius 3 is 2.88 bits per heavy atom. The van der Waals surface area contributed by atoms with Crippen molar-refractivity contribution in [1.29, 1.82) is 0 Å². The zero-order valence-corrected chi connectivity index (χ0v) is 12.3. The minimum absolute atomic E-state index is 0.562. The zero-order chi connectivity index (χ0) is 12.6. The molecule has 0 bridgehead atoms. The van der Waals surface area contributed by atoms with Crippen LogP contribution in [-0.4, -0.2) is 17.1 Å². The molecule has 94 valence electrons. The molecule has 3 nitrogen and oxygen atoms in total. The molecule has 17 heavy (non-hydrogen) atoms. The summed E-state index contributed by atoms with van der Waals surface area (Å²) in [5, 5.41) is 0. The van der Waals surface area contributed by atoms with E-state index < -0.39 is 0 Å². The van der Waals surface area contributed by atoms with Gasteiger partial charge in [0.25, 0.3) is 0 Å². The predicted molar refractivity (Wildman–Crippen MR) is 76.3 cm³/mol. The van der Waals surface area contributed by atoms with Crippen LogP contribution in [0, 0.1) is 6.92 Å². The van der Waals surface area contributed by atoms with Crippen molar-refractivity contribution in [3.05, 3.63) is 16.2 Å². The largest absolute Gasteiger partial charge is 0.397 e. The van der Waals surface area contributed by atoms with E-state index >= 15 is 0 Å². The number of hydrogen-bond acceptors (Lipinski definition) is 3. The van der Waals surface area contributed by atoms with Crippen LogP contribution in [0.5, 0.6) is 0 Å². The molecule has 1 aliphatic rings. The van der Waals surface area contributed by atoms with Crippen molar-refractivity contribution < 1.29 is 0 Å². The average Bonchev–Trinajstić information content (AvgIpc) is 2.68. The van der Waals surface area contributed by atoms with E-state index in [2.05, 4.69) is 39.7 Å². The van der Waals surface area contributed by atoms with Gasteiger partial charge in [-0.25, -0.2) is 4.98 Å². The average molecular weight is 298 g/mol. The first-order valence-corrected chi connectivity index (χ1v) is 7.04. The van der Waals surface area contributed by atoms with Crippen LogP contribution in [-0.2, 0) is 0 Å². The van der Waals surface area contributed by atoms with Crippen molar-refractivity contribution in [1.82, 2.24) is 4.98 Å². The lowest BCUT2D eigenvalue weighted by atomic mass is 10.1. The van der Waals surface area contributed by atoms with Crippen molar-refractivity contribution in [3.8, 4) is 0 Å². The van der Waals surface area contributed by atoms with Crippen molar-refractivity contribution >= 4 is 27.4 Å². The molecular weight excluding hydrogens is 278 g/mol. The lowest BCUT2D eigenvalue weighted by Crippen LogP contribution is -2.35. The van der Waals surface area contributed by atoms with Crippen LogP contribution < -0.4 is 10.6 Å². The lowest BCUT2D eigenvalue weighted by molar-refractivity contribution is 0.620. The Labute approximate surface area is 112 Å². The molecule has 0 amide bonds. The van der Waals surface area contributed by atoms with Gasteiger partial charge in [0.15, 0.2) is 0 Å². The van der Waals surface area contributed by atoms with E-state index in [1.807, 2.05) is 6.92 Å². The van der Waals surface area contributed by atoms with Gasteiger partial charge in [0.1, 0.15) is 5.82 Å². The molecule has 0 saturated carbocycles. The van der Waals surface area contributed by atoms with E-state index in [-0.39, 0.29) is 0 Å². The standard InChI is InChI=1S/C13H20BrN3/c1-4-10-6-5-8(2)17(10)13-12(14)9(3)11(15)7-16-13/h7-8,10H,4-6,15H2,1-3H3. The van der Waals surface area contributed by atoms with Gasteiger partial charge in [-0.1, -0.05) is 6.92 Å². The third-order valence-electron chi connectivity index (χ3n) is 3.79. The number of hydrogen-bond donors (Lipinski definition) is 1. The minimum Gasteiger partial charge on any atom is -0.397 e. The third-order valence-corrected chi connectivity index (χ3v) is 4.74. The molecule has 4 heteroatoms. The van der Waals surface area contributed by atoms with Gasteiger partial charge in [-0.15, -0.1) is 0 Å². The molecule has 1 aromatic heterocycles. The second-order valence-corrected chi connectivity index (χ2v) is 5.66. The van der Waals surface area contributed by atoms with E-state index in [1.165, 1.54) is 19.3 Å². The van der Waals surface area contributed by atoms with Crippen molar-refractivity contribution in [2.75, 3.05) is 10.6 Å². The fraction of sp³-hybridized carbons (Fsp3) is 0.615. The summed E-state index contributed by atoms with van der Waals surface area (Å²) in [6.07, 6.45) is 5.44. The SMILES string of the molecule is CCC1CCC(C)N1c1ncc(N)c(C)c1Br. The minimum atomic E-state index is 0.562.